The fourth-order valence-electron chi connectivity index (χ4n) is 2.26. The van der Waals surface area contributed by atoms with Crippen LogP contribution < -0.4 is 5.32 Å². The zero-order chi connectivity index (χ0) is 14.7. The third kappa shape index (κ3) is 2.93. The molecule has 0 unspecified atom stereocenters. The first-order valence-corrected chi connectivity index (χ1v) is 6.68. The van der Waals surface area contributed by atoms with Gasteiger partial charge in [-0.2, -0.15) is 5.26 Å². The number of fused-ring (bicyclic) bond motifs is 1. The molecule has 2 heterocycles. The Balaban J connectivity index is 1.72. The largest absolute Gasteiger partial charge is 0.365 e. The zero-order valence-corrected chi connectivity index (χ0v) is 11.3. The van der Waals surface area contributed by atoms with Crippen molar-refractivity contribution in [3.05, 3.63) is 36.5 Å². The monoisotopic (exact) mass is 282 g/mol. The molecule has 0 aliphatic carbocycles. The number of hydrogen-bond donors (Lipinski definition) is 1. The molecule has 0 spiro atoms. The number of nitrogens with one attached hydrogen (secondary N) is 1. The maximum absolute atomic E-state index is 12.2. The number of hydrogen-bond acceptors (Lipinski definition) is 5. The summed E-state index contributed by atoms with van der Waals surface area (Å²) >= 11 is 0. The molecule has 1 aliphatic rings. The Kier molecular flexibility index (Phi) is 3.67. The lowest BCUT2D eigenvalue weighted by atomic mass is 10.2. The Morgan fingerprint density at radius 1 is 1.43 bits per heavy atom. The smallest absolute Gasteiger partial charge is 0.256 e. The minimum Gasteiger partial charge on any atom is -0.365 e. The summed E-state index contributed by atoms with van der Waals surface area (Å²) in [6.45, 7) is 1.17. The number of pyridine rings is 1. The van der Waals surface area contributed by atoms with Crippen LogP contribution in [0.1, 0.15) is 0 Å². The first-order valence-electron chi connectivity index (χ1n) is 6.68. The molecule has 21 heavy (non-hydrogen) atoms. The lowest BCUT2D eigenvalue weighted by Crippen LogP contribution is -2.46. The highest BCUT2D eigenvalue weighted by Crippen LogP contribution is 2.16. The summed E-state index contributed by atoms with van der Waals surface area (Å²) < 4.78 is 5.40. The van der Waals surface area contributed by atoms with Gasteiger partial charge in [-0.15, -0.1) is 0 Å². The van der Waals surface area contributed by atoms with Gasteiger partial charge in [0.05, 0.1) is 19.7 Å². The molecule has 1 atom stereocenters. The molecule has 6 nitrogen and oxygen atoms in total. The fourth-order valence-corrected chi connectivity index (χ4v) is 2.26. The summed E-state index contributed by atoms with van der Waals surface area (Å²) in [5.74, 6) is 0.203. The van der Waals surface area contributed by atoms with E-state index in [1.165, 1.54) is 4.90 Å². The minimum atomic E-state index is -0.647. The average molecular weight is 282 g/mol. The van der Waals surface area contributed by atoms with Gasteiger partial charge in [-0.1, -0.05) is 24.3 Å². The first-order chi connectivity index (χ1) is 10.3. The van der Waals surface area contributed by atoms with E-state index in [0.717, 1.165) is 10.8 Å². The highest BCUT2D eigenvalue weighted by Gasteiger charge is 2.26. The summed E-state index contributed by atoms with van der Waals surface area (Å²) in [5, 5.41) is 13.6. The molecule has 6 heteroatoms. The van der Waals surface area contributed by atoms with E-state index < -0.39 is 6.10 Å². The van der Waals surface area contributed by atoms with Crippen LogP contribution in [0.2, 0.25) is 0 Å². The van der Waals surface area contributed by atoms with Crippen molar-refractivity contribution in [3.63, 3.8) is 0 Å². The van der Waals surface area contributed by atoms with Crippen molar-refractivity contribution in [1.82, 2.24) is 9.88 Å². The summed E-state index contributed by atoms with van der Waals surface area (Å²) in [6, 6.07) is 9.61. The second kappa shape index (κ2) is 5.77. The van der Waals surface area contributed by atoms with Crippen LogP contribution in [0.25, 0.3) is 10.8 Å². The maximum Gasteiger partial charge on any atom is 0.256 e. The van der Waals surface area contributed by atoms with E-state index in [1.54, 1.807) is 6.20 Å². The molecule has 1 N–H and O–H groups in total. The molecule has 1 aromatic carbocycles. The standard InChI is InChI=1S/C15H14N4O2/c16-10-19-5-6-21-13(9-19)15(20)18-14-7-11-3-1-2-4-12(11)8-17-14/h1-4,7-8,13H,5-6,9H2,(H,17,18,20)/t13-/m0/s1. The normalized spacial score (nSPS) is 18.2. The van der Waals surface area contributed by atoms with E-state index in [2.05, 4.69) is 10.3 Å². The third-order valence-corrected chi connectivity index (χ3v) is 3.38. The molecule has 106 valence electrons. The van der Waals surface area contributed by atoms with Gasteiger partial charge in [0.25, 0.3) is 5.91 Å². The number of aromatic nitrogens is 1. The van der Waals surface area contributed by atoms with Crippen molar-refractivity contribution >= 4 is 22.5 Å². The topological polar surface area (TPSA) is 78.2 Å². The molecule has 1 amide bonds. The number of carbonyl (C=O) groups is 1. The van der Waals surface area contributed by atoms with Gasteiger partial charge in [0.15, 0.2) is 12.3 Å². The van der Waals surface area contributed by atoms with Crippen molar-refractivity contribution in [1.29, 1.82) is 5.26 Å². The lowest BCUT2D eigenvalue weighted by Gasteiger charge is -2.28. The van der Waals surface area contributed by atoms with Gasteiger partial charge in [0.1, 0.15) is 5.82 Å². The molecule has 1 saturated heterocycles. The van der Waals surface area contributed by atoms with Crippen molar-refractivity contribution in [3.8, 4) is 6.19 Å². The van der Waals surface area contributed by atoms with Crippen molar-refractivity contribution in [2.75, 3.05) is 25.0 Å². The summed E-state index contributed by atoms with van der Waals surface area (Å²) in [5.41, 5.74) is 0. The van der Waals surface area contributed by atoms with Gasteiger partial charge in [0, 0.05) is 11.6 Å². The number of carbonyl (C=O) groups excluding carboxylic acids is 1. The Labute approximate surface area is 121 Å². The van der Waals surface area contributed by atoms with Crippen LogP contribution in [-0.2, 0) is 9.53 Å². The zero-order valence-electron chi connectivity index (χ0n) is 11.3. The average Bonchev–Trinajstić information content (AvgIpc) is 2.54. The summed E-state index contributed by atoms with van der Waals surface area (Å²) in [7, 11) is 0. The number of anilines is 1. The number of nitriles is 1. The van der Waals surface area contributed by atoms with Crippen LogP contribution in [0.15, 0.2) is 36.5 Å². The Morgan fingerprint density at radius 2 is 2.24 bits per heavy atom. The van der Waals surface area contributed by atoms with E-state index in [1.807, 2.05) is 36.5 Å². The number of rotatable bonds is 2. The lowest BCUT2D eigenvalue weighted by molar-refractivity contribution is -0.131. The van der Waals surface area contributed by atoms with Gasteiger partial charge >= 0.3 is 0 Å². The van der Waals surface area contributed by atoms with E-state index in [4.69, 9.17) is 10.00 Å². The van der Waals surface area contributed by atoms with Crippen LogP contribution in [0.4, 0.5) is 5.82 Å². The quantitative estimate of drug-likeness (QED) is 0.841. The van der Waals surface area contributed by atoms with E-state index in [-0.39, 0.29) is 12.5 Å². The maximum atomic E-state index is 12.2. The van der Waals surface area contributed by atoms with Crippen molar-refractivity contribution in [2.45, 2.75) is 6.10 Å². The number of morpholine rings is 1. The molecule has 0 bridgehead atoms. The third-order valence-electron chi connectivity index (χ3n) is 3.38. The number of nitrogens with zero attached hydrogens (tertiary/aromatic N) is 3. The Bertz CT molecular complexity index is 710. The number of amides is 1. The van der Waals surface area contributed by atoms with Crippen LogP contribution in [0.5, 0.6) is 0 Å². The fraction of sp³-hybridized carbons (Fsp3) is 0.267. The van der Waals surface area contributed by atoms with E-state index >= 15 is 0 Å². The number of benzene rings is 1. The van der Waals surface area contributed by atoms with Crippen LogP contribution in [-0.4, -0.2) is 41.6 Å². The summed E-state index contributed by atoms with van der Waals surface area (Å²) in [4.78, 5) is 17.9. The van der Waals surface area contributed by atoms with Crippen LogP contribution in [0.3, 0.4) is 0 Å². The molecule has 1 aliphatic heterocycles. The van der Waals surface area contributed by atoms with Gasteiger partial charge in [0.2, 0.25) is 0 Å². The van der Waals surface area contributed by atoms with Gasteiger partial charge in [-0.25, -0.2) is 4.98 Å². The molecule has 0 radical (unpaired) electrons. The molecule has 2 aromatic rings. The predicted molar refractivity (Wildman–Crippen MR) is 77.3 cm³/mol. The summed E-state index contributed by atoms with van der Waals surface area (Å²) in [6.07, 6.45) is 3.10. The van der Waals surface area contributed by atoms with E-state index in [9.17, 15) is 4.79 Å². The first kappa shape index (κ1) is 13.3. The highest BCUT2D eigenvalue weighted by atomic mass is 16.5. The van der Waals surface area contributed by atoms with E-state index in [0.29, 0.717) is 19.0 Å². The number of ether oxygens (including phenoxy) is 1. The van der Waals surface area contributed by atoms with Gasteiger partial charge in [-0.3, -0.25) is 4.79 Å². The highest BCUT2D eigenvalue weighted by molar-refractivity contribution is 5.95. The Hall–Kier alpha value is -2.65. The second-order valence-corrected chi connectivity index (χ2v) is 4.81. The van der Waals surface area contributed by atoms with Crippen LogP contribution >= 0.6 is 0 Å². The molecular formula is C15H14N4O2. The second-order valence-electron chi connectivity index (χ2n) is 4.81. The predicted octanol–water partition coefficient (Wildman–Crippen LogP) is 1.36. The van der Waals surface area contributed by atoms with Crippen molar-refractivity contribution < 1.29 is 9.53 Å². The van der Waals surface area contributed by atoms with Gasteiger partial charge in [-0.05, 0) is 11.5 Å². The molecular weight excluding hydrogens is 268 g/mol. The molecule has 0 saturated carbocycles. The minimum absolute atomic E-state index is 0.274. The Morgan fingerprint density at radius 3 is 3.05 bits per heavy atom. The molecule has 1 aromatic heterocycles. The van der Waals surface area contributed by atoms with Crippen molar-refractivity contribution in [2.24, 2.45) is 0 Å². The SMILES string of the molecule is N#CN1CCO[C@H](C(=O)Nc2cc3ccccc3cn2)C1. The molecule has 1 fully saturated rings. The van der Waals surface area contributed by atoms with Gasteiger partial charge < -0.3 is 15.0 Å². The van der Waals surface area contributed by atoms with Crippen LogP contribution in [0, 0.1) is 11.5 Å². The molecule has 3 rings (SSSR count).